The quantitative estimate of drug-likeness (QED) is 0.535. The van der Waals surface area contributed by atoms with Crippen LogP contribution in [0.25, 0.3) is 0 Å². The standard InChI is InChI=1S/C9H21O/c1-6-10(9(4)5)7-8(2)3/h8-9H,6-7H2,1-5H3/q+1. The van der Waals surface area contributed by atoms with Crippen molar-refractivity contribution in [3.63, 3.8) is 0 Å². The molecule has 0 spiro atoms. The maximum atomic E-state index is 3.26. The molecule has 0 aromatic carbocycles. The zero-order valence-corrected chi connectivity index (χ0v) is 7.98. The van der Waals surface area contributed by atoms with E-state index < -0.39 is 0 Å². The summed E-state index contributed by atoms with van der Waals surface area (Å²) < 4.78 is 3.26. The highest BCUT2D eigenvalue weighted by Gasteiger charge is 2.12. The van der Waals surface area contributed by atoms with Gasteiger partial charge in [-0.25, -0.2) is 0 Å². The van der Waals surface area contributed by atoms with Gasteiger partial charge in [0.2, 0.25) is 0 Å². The highest BCUT2D eigenvalue weighted by molar-refractivity contribution is 4.50. The normalized spacial score (nSPS) is 12.0. The van der Waals surface area contributed by atoms with Crippen LogP contribution in [0.5, 0.6) is 0 Å². The molecule has 0 N–H and O–H groups in total. The van der Waals surface area contributed by atoms with E-state index in [0.717, 1.165) is 19.1 Å². The van der Waals surface area contributed by atoms with E-state index in [1.54, 1.807) is 0 Å². The zero-order chi connectivity index (χ0) is 8.15. The molecule has 1 heteroatoms. The number of hydrogen-bond acceptors (Lipinski definition) is 0. The summed E-state index contributed by atoms with van der Waals surface area (Å²) >= 11 is 0. The Morgan fingerprint density at radius 2 is 1.60 bits per heavy atom. The van der Waals surface area contributed by atoms with Gasteiger partial charge in [-0.1, -0.05) is 13.8 Å². The van der Waals surface area contributed by atoms with Gasteiger partial charge in [-0.05, 0) is 0 Å². The fourth-order valence-electron chi connectivity index (χ4n) is 1.07. The molecule has 10 heavy (non-hydrogen) atoms. The zero-order valence-electron chi connectivity index (χ0n) is 7.98. The van der Waals surface area contributed by atoms with Gasteiger partial charge in [0.15, 0.2) is 0 Å². The Morgan fingerprint density at radius 3 is 1.70 bits per heavy atom. The van der Waals surface area contributed by atoms with E-state index in [4.69, 9.17) is 0 Å². The lowest BCUT2D eigenvalue weighted by Gasteiger charge is -2.23. The minimum atomic E-state index is 0.618. The molecule has 0 aliphatic heterocycles. The van der Waals surface area contributed by atoms with Crippen molar-refractivity contribution < 1.29 is 4.37 Å². The van der Waals surface area contributed by atoms with Crippen molar-refractivity contribution in [1.82, 2.24) is 0 Å². The van der Waals surface area contributed by atoms with Crippen molar-refractivity contribution in [1.29, 1.82) is 0 Å². The molecule has 0 aromatic heterocycles. The SMILES string of the molecule is CC[O+](CC(C)C)C(C)C. The average Bonchev–Trinajstić information content (AvgIpc) is 1.81. The molecule has 0 saturated carbocycles. The van der Waals surface area contributed by atoms with Crippen molar-refractivity contribution in [3.8, 4) is 0 Å². The third kappa shape index (κ3) is 3.89. The second-order valence-electron chi connectivity index (χ2n) is 3.44. The summed E-state index contributed by atoms with van der Waals surface area (Å²) in [5.41, 5.74) is 0. The molecule has 0 heterocycles. The van der Waals surface area contributed by atoms with Gasteiger partial charge in [0.1, 0.15) is 19.3 Å². The van der Waals surface area contributed by atoms with Gasteiger partial charge in [-0.2, -0.15) is 0 Å². The molecule has 0 radical (unpaired) electrons. The summed E-state index contributed by atoms with van der Waals surface area (Å²) in [7, 11) is 0. The maximum absolute atomic E-state index is 3.26. The van der Waals surface area contributed by atoms with Crippen LogP contribution in [-0.4, -0.2) is 19.3 Å². The number of rotatable bonds is 4. The monoisotopic (exact) mass is 145 g/mol. The molecule has 0 aromatic rings. The van der Waals surface area contributed by atoms with Crippen molar-refractivity contribution in [2.75, 3.05) is 13.2 Å². The van der Waals surface area contributed by atoms with Crippen molar-refractivity contribution in [2.45, 2.75) is 40.7 Å². The van der Waals surface area contributed by atoms with Crippen LogP contribution in [-0.2, 0) is 4.37 Å². The van der Waals surface area contributed by atoms with Gasteiger partial charge in [0.05, 0.1) is 0 Å². The van der Waals surface area contributed by atoms with E-state index in [2.05, 4.69) is 39.0 Å². The van der Waals surface area contributed by atoms with Crippen LogP contribution < -0.4 is 0 Å². The first-order chi connectivity index (χ1) is 4.57. The van der Waals surface area contributed by atoms with Gasteiger partial charge in [0, 0.05) is 26.7 Å². The van der Waals surface area contributed by atoms with Crippen molar-refractivity contribution >= 4 is 0 Å². The van der Waals surface area contributed by atoms with Crippen LogP contribution in [0.15, 0.2) is 0 Å². The minimum Gasteiger partial charge on any atom is -0.420 e. The Hall–Kier alpha value is -0.0400. The molecule has 62 valence electrons. The molecule has 0 bridgehead atoms. The van der Waals surface area contributed by atoms with Gasteiger partial charge in [-0.15, -0.1) is 0 Å². The predicted octanol–water partition coefficient (Wildman–Crippen LogP) is 2.62. The molecular formula is C9H21O+. The van der Waals surface area contributed by atoms with E-state index in [-0.39, 0.29) is 0 Å². The van der Waals surface area contributed by atoms with Crippen LogP contribution in [0.1, 0.15) is 34.6 Å². The van der Waals surface area contributed by atoms with E-state index in [9.17, 15) is 0 Å². The Bertz CT molecular complexity index is 76.8. The summed E-state index contributed by atoms with van der Waals surface area (Å²) in [6.07, 6.45) is 0.618. The van der Waals surface area contributed by atoms with Gasteiger partial charge < -0.3 is 4.37 Å². The predicted molar refractivity (Wildman–Crippen MR) is 46.5 cm³/mol. The van der Waals surface area contributed by atoms with Crippen molar-refractivity contribution in [2.24, 2.45) is 5.92 Å². The van der Waals surface area contributed by atoms with Gasteiger partial charge in [-0.3, -0.25) is 0 Å². The second-order valence-corrected chi connectivity index (χ2v) is 3.44. The first-order valence-corrected chi connectivity index (χ1v) is 4.24. The molecule has 0 rings (SSSR count). The Balaban J connectivity index is 3.60. The second kappa shape index (κ2) is 4.73. The van der Waals surface area contributed by atoms with E-state index in [1.165, 1.54) is 0 Å². The summed E-state index contributed by atoms with van der Waals surface area (Å²) in [5.74, 6) is 0.757. The fraction of sp³-hybridized carbons (Fsp3) is 1.00. The lowest BCUT2D eigenvalue weighted by Crippen LogP contribution is -2.25. The van der Waals surface area contributed by atoms with Crippen LogP contribution in [0.4, 0.5) is 0 Å². The Labute approximate surface area is 65.1 Å². The minimum absolute atomic E-state index is 0.618. The average molecular weight is 145 g/mol. The lowest BCUT2D eigenvalue weighted by atomic mass is 10.2. The fourth-order valence-corrected chi connectivity index (χ4v) is 1.07. The smallest absolute Gasteiger partial charge is 0.150 e. The maximum Gasteiger partial charge on any atom is 0.150 e. The van der Waals surface area contributed by atoms with E-state index in [0.29, 0.717) is 6.10 Å². The molecule has 0 saturated heterocycles. The Kier molecular flexibility index (Phi) is 4.71. The third-order valence-electron chi connectivity index (χ3n) is 1.58. The van der Waals surface area contributed by atoms with Crippen LogP contribution in [0.2, 0.25) is 0 Å². The molecule has 0 amide bonds. The molecule has 0 atom stereocenters. The molecule has 1 nitrogen and oxygen atoms in total. The van der Waals surface area contributed by atoms with Crippen molar-refractivity contribution in [3.05, 3.63) is 0 Å². The van der Waals surface area contributed by atoms with Gasteiger partial charge in [0.25, 0.3) is 0 Å². The first kappa shape index (κ1) is 9.96. The molecule has 0 fully saturated rings. The highest BCUT2D eigenvalue weighted by Crippen LogP contribution is 2.08. The highest BCUT2D eigenvalue weighted by atomic mass is 16.7. The summed E-state index contributed by atoms with van der Waals surface area (Å²) in [6, 6.07) is 0. The van der Waals surface area contributed by atoms with Gasteiger partial charge >= 0.3 is 0 Å². The van der Waals surface area contributed by atoms with E-state index in [1.807, 2.05) is 0 Å². The lowest BCUT2D eigenvalue weighted by molar-refractivity contribution is -0.182. The third-order valence-corrected chi connectivity index (χ3v) is 1.58. The first-order valence-electron chi connectivity index (χ1n) is 4.24. The largest absolute Gasteiger partial charge is 0.420 e. The van der Waals surface area contributed by atoms with Crippen LogP contribution in [0, 0.1) is 5.92 Å². The van der Waals surface area contributed by atoms with Crippen LogP contribution in [0.3, 0.4) is 0 Å². The molecular weight excluding hydrogens is 124 g/mol. The van der Waals surface area contributed by atoms with Crippen LogP contribution >= 0.6 is 0 Å². The molecule has 0 aliphatic carbocycles. The Morgan fingerprint density at radius 1 is 1.10 bits per heavy atom. The summed E-state index contributed by atoms with van der Waals surface area (Å²) in [6.45, 7) is 13.4. The van der Waals surface area contributed by atoms with E-state index >= 15 is 0 Å². The topological polar surface area (TPSA) is 2.70 Å². The summed E-state index contributed by atoms with van der Waals surface area (Å²) in [4.78, 5) is 0. The molecule has 0 aliphatic rings. The molecule has 0 unspecified atom stereocenters. The summed E-state index contributed by atoms with van der Waals surface area (Å²) in [5, 5.41) is 0. The number of hydrogen-bond donors (Lipinski definition) is 0.